The lowest BCUT2D eigenvalue weighted by Gasteiger charge is -2.11. The first-order chi connectivity index (χ1) is 8.56. The maximum atomic E-state index is 13.3. The third kappa shape index (κ3) is 3.05. The van der Waals surface area contributed by atoms with E-state index in [1.54, 1.807) is 19.1 Å². The highest BCUT2D eigenvalue weighted by molar-refractivity contribution is 5.82. The minimum absolute atomic E-state index is 0.160. The van der Waals surface area contributed by atoms with Crippen molar-refractivity contribution >= 4 is 5.91 Å². The molecule has 18 heavy (non-hydrogen) atoms. The number of carbonyl (C=O) groups excluding carboxylic acids is 1. The number of amides is 1. The van der Waals surface area contributed by atoms with Gasteiger partial charge in [-0.2, -0.15) is 0 Å². The third-order valence-electron chi connectivity index (χ3n) is 3.13. The molecule has 1 amide bonds. The quantitative estimate of drug-likeness (QED) is 0.733. The number of aliphatic hydroxyl groups is 1. The number of hydrogen-bond acceptors (Lipinski definition) is 3. The molecule has 0 unspecified atom stereocenters. The largest absolute Gasteiger partial charge is 0.392 e. The number of hydrogen-bond donors (Lipinski definition) is 3. The number of benzene rings is 1. The van der Waals surface area contributed by atoms with E-state index >= 15 is 0 Å². The first-order valence-corrected chi connectivity index (χ1v) is 6.00. The average Bonchev–Trinajstić information content (AvgIpc) is 2.77. The molecule has 1 aliphatic rings. The molecular weight excluding hydrogens is 235 g/mol. The van der Waals surface area contributed by atoms with Crippen molar-refractivity contribution in [3.8, 4) is 0 Å². The molecule has 0 aliphatic carbocycles. The smallest absolute Gasteiger partial charge is 0.237 e. The van der Waals surface area contributed by atoms with E-state index in [9.17, 15) is 14.3 Å². The van der Waals surface area contributed by atoms with Crippen LogP contribution in [0.25, 0.3) is 0 Å². The lowest BCUT2D eigenvalue weighted by Crippen LogP contribution is -2.40. The van der Waals surface area contributed by atoms with Gasteiger partial charge in [-0.25, -0.2) is 4.39 Å². The van der Waals surface area contributed by atoms with Gasteiger partial charge < -0.3 is 15.7 Å². The fourth-order valence-electron chi connectivity index (χ4n) is 1.98. The zero-order valence-corrected chi connectivity index (χ0v) is 10.2. The van der Waals surface area contributed by atoms with E-state index in [1.807, 2.05) is 0 Å². The second-order valence-electron chi connectivity index (χ2n) is 4.65. The van der Waals surface area contributed by atoms with Gasteiger partial charge >= 0.3 is 0 Å². The Morgan fingerprint density at radius 2 is 2.39 bits per heavy atom. The summed E-state index contributed by atoms with van der Waals surface area (Å²) in [4.78, 5) is 11.7. The average molecular weight is 252 g/mol. The highest BCUT2D eigenvalue weighted by Gasteiger charge is 2.27. The van der Waals surface area contributed by atoms with Gasteiger partial charge in [0.1, 0.15) is 5.82 Å². The zero-order valence-electron chi connectivity index (χ0n) is 10.2. The predicted octanol–water partition coefficient (Wildman–Crippen LogP) is 0.473. The Bertz CT molecular complexity index is 451. The maximum absolute atomic E-state index is 13.3. The molecule has 4 nitrogen and oxygen atoms in total. The Balaban J connectivity index is 1.87. The second-order valence-corrected chi connectivity index (χ2v) is 4.65. The first kappa shape index (κ1) is 13.0. The Kier molecular flexibility index (Phi) is 3.93. The Hall–Kier alpha value is -1.46. The number of aliphatic hydroxyl groups excluding tert-OH is 1. The van der Waals surface area contributed by atoms with E-state index in [1.165, 1.54) is 6.07 Å². The Morgan fingerprint density at radius 3 is 3.00 bits per heavy atom. The standard InChI is InChI=1S/C13H17FN2O2/c1-8-2-3-9(4-11(8)14)6-16-13(18)12-5-10(17)7-15-12/h2-4,10,12,15,17H,5-7H2,1H3,(H,16,18)/t10-,12+/m1/s1. The van der Waals surface area contributed by atoms with Crippen molar-refractivity contribution in [3.63, 3.8) is 0 Å². The molecule has 1 fully saturated rings. The first-order valence-electron chi connectivity index (χ1n) is 6.00. The van der Waals surface area contributed by atoms with Gasteiger partial charge in [0, 0.05) is 13.1 Å². The van der Waals surface area contributed by atoms with Crippen molar-refractivity contribution in [2.75, 3.05) is 6.54 Å². The van der Waals surface area contributed by atoms with Crippen LogP contribution in [0.1, 0.15) is 17.5 Å². The van der Waals surface area contributed by atoms with Crippen LogP contribution in [0.4, 0.5) is 4.39 Å². The molecule has 0 aromatic heterocycles. The second kappa shape index (κ2) is 5.46. The van der Waals surface area contributed by atoms with E-state index < -0.39 is 6.10 Å². The summed E-state index contributed by atoms with van der Waals surface area (Å²) in [6, 6.07) is 4.55. The normalized spacial score (nSPS) is 23.1. The molecule has 2 rings (SSSR count). The molecule has 1 aromatic carbocycles. The van der Waals surface area contributed by atoms with Crippen molar-refractivity contribution < 1.29 is 14.3 Å². The highest BCUT2D eigenvalue weighted by Crippen LogP contribution is 2.10. The number of β-amino-alcohol motifs (C(OH)–C–C–N with tert-alkyl or cyclic N) is 1. The molecule has 1 saturated heterocycles. The monoisotopic (exact) mass is 252 g/mol. The molecule has 0 bridgehead atoms. The van der Waals surface area contributed by atoms with Crippen LogP contribution >= 0.6 is 0 Å². The fourth-order valence-corrected chi connectivity index (χ4v) is 1.98. The molecular formula is C13H17FN2O2. The molecule has 5 heteroatoms. The van der Waals surface area contributed by atoms with Crippen LogP contribution in [-0.4, -0.2) is 29.7 Å². The summed E-state index contributed by atoms with van der Waals surface area (Å²) >= 11 is 0. The van der Waals surface area contributed by atoms with E-state index in [0.29, 0.717) is 25.1 Å². The molecule has 0 saturated carbocycles. The van der Waals surface area contributed by atoms with Crippen molar-refractivity contribution in [2.45, 2.75) is 32.0 Å². The predicted molar refractivity (Wildman–Crippen MR) is 65.4 cm³/mol. The number of carbonyl (C=O) groups is 1. The number of aryl methyl sites for hydroxylation is 1. The summed E-state index contributed by atoms with van der Waals surface area (Å²) in [5.74, 6) is -0.427. The van der Waals surface area contributed by atoms with E-state index in [0.717, 1.165) is 5.56 Å². The van der Waals surface area contributed by atoms with Gasteiger partial charge in [0.2, 0.25) is 5.91 Å². The van der Waals surface area contributed by atoms with E-state index in [4.69, 9.17) is 0 Å². The fraction of sp³-hybridized carbons (Fsp3) is 0.462. The molecule has 98 valence electrons. The Labute approximate surface area is 105 Å². The topological polar surface area (TPSA) is 61.4 Å². The molecule has 2 atom stereocenters. The van der Waals surface area contributed by atoms with Gasteiger partial charge in [0.15, 0.2) is 0 Å². The van der Waals surface area contributed by atoms with Gasteiger partial charge in [-0.15, -0.1) is 0 Å². The van der Waals surface area contributed by atoms with Crippen molar-refractivity contribution in [1.29, 1.82) is 0 Å². The van der Waals surface area contributed by atoms with Crippen LogP contribution in [-0.2, 0) is 11.3 Å². The van der Waals surface area contributed by atoms with Crippen LogP contribution in [0.2, 0.25) is 0 Å². The van der Waals surface area contributed by atoms with Gasteiger partial charge in [-0.05, 0) is 30.5 Å². The maximum Gasteiger partial charge on any atom is 0.237 e. The van der Waals surface area contributed by atoms with Crippen LogP contribution < -0.4 is 10.6 Å². The summed E-state index contributed by atoms with van der Waals surface area (Å²) in [6.07, 6.45) is -0.0359. The molecule has 3 N–H and O–H groups in total. The summed E-state index contributed by atoms with van der Waals surface area (Å²) in [6.45, 7) is 2.43. The molecule has 1 aromatic rings. The SMILES string of the molecule is Cc1ccc(CNC(=O)[C@@H]2C[C@@H](O)CN2)cc1F. The van der Waals surface area contributed by atoms with Crippen LogP contribution in [0.15, 0.2) is 18.2 Å². The number of nitrogens with one attached hydrogen (secondary N) is 2. The lowest BCUT2D eigenvalue weighted by atomic mass is 10.1. The van der Waals surface area contributed by atoms with Crippen LogP contribution in [0.3, 0.4) is 0 Å². The Morgan fingerprint density at radius 1 is 1.61 bits per heavy atom. The highest BCUT2D eigenvalue weighted by atomic mass is 19.1. The molecule has 0 spiro atoms. The minimum atomic E-state index is -0.461. The summed E-state index contributed by atoms with van der Waals surface area (Å²) in [5, 5.41) is 15.0. The van der Waals surface area contributed by atoms with Gasteiger partial charge in [-0.1, -0.05) is 12.1 Å². The van der Waals surface area contributed by atoms with Crippen LogP contribution in [0, 0.1) is 12.7 Å². The van der Waals surface area contributed by atoms with Gasteiger partial charge in [0.05, 0.1) is 12.1 Å². The summed E-state index contributed by atoms with van der Waals surface area (Å²) < 4.78 is 13.3. The molecule has 1 heterocycles. The minimum Gasteiger partial charge on any atom is -0.392 e. The number of halogens is 1. The van der Waals surface area contributed by atoms with Gasteiger partial charge in [0.25, 0.3) is 0 Å². The lowest BCUT2D eigenvalue weighted by molar-refractivity contribution is -0.123. The zero-order chi connectivity index (χ0) is 13.1. The molecule has 0 radical (unpaired) electrons. The number of rotatable bonds is 3. The summed E-state index contributed by atoms with van der Waals surface area (Å²) in [7, 11) is 0. The van der Waals surface area contributed by atoms with Crippen molar-refractivity contribution in [1.82, 2.24) is 10.6 Å². The molecule has 1 aliphatic heterocycles. The van der Waals surface area contributed by atoms with Crippen LogP contribution in [0.5, 0.6) is 0 Å². The van der Waals surface area contributed by atoms with Gasteiger partial charge in [-0.3, -0.25) is 4.79 Å². The van der Waals surface area contributed by atoms with Crippen molar-refractivity contribution in [2.24, 2.45) is 0 Å². The van der Waals surface area contributed by atoms with E-state index in [-0.39, 0.29) is 17.8 Å². The van der Waals surface area contributed by atoms with Crippen molar-refractivity contribution in [3.05, 3.63) is 35.1 Å². The van der Waals surface area contributed by atoms with E-state index in [2.05, 4.69) is 10.6 Å². The summed E-state index contributed by atoms with van der Waals surface area (Å²) in [5.41, 5.74) is 1.32. The third-order valence-corrected chi connectivity index (χ3v) is 3.13.